The number of allylic oxidation sites excluding steroid dienone is 34. The first-order valence-corrected chi connectivity index (χ1v) is 36.2. The van der Waals surface area contributed by atoms with E-state index in [1.165, 1.54) is 38.5 Å². The fourth-order valence-electron chi connectivity index (χ4n) is 9.07. The molecule has 520 valence electrons. The molecule has 0 amide bonds. The molecule has 0 aromatic carbocycles. The van der Waals surface area contributed by atoms with Crippen molar-refractivity contribution in [2.45, 2.75) is 257 Å². The number of esters is 2. The van der Waals surface area contributed by atoms with Gasteiger partial charge in [0.15, 0.2) is 12.4 Å². The Hall–Kier alpha value is -6.13. The monoisotopic (exact) mass is 1280 g/mol. The lowest BCUT2D eigenvalue weighted by Gasteiger charge is -2.26. The van der Waals surface area contributed by atoms with Gasteiger partial charge in [-0.3, -0.25) is 9.59 Å². The van der Waals surface area contributed by atoms with Crippen LogP contribution in [0, 0.1) is 0 Å². The van der Waals surface area contributed by atoms with Gasteiger partial charge in [0.05, 0.1) is 40.3 Å². The second kappa shape index (κ2) is 71.7. The molecule has 2 atom stereocenters. The summed E-state index contributed by atoms with van der Waals surface area (Å²) in [5.74, 6) is -2.34. The highest BCUT2D eigenvalue weighted by atomic mass is 16.7. The number of quaternary nitrogens is 1. The lowest BCUT2D eigenvalue weighted by atomic mass is 10.0. The van der Waals surface area contributed by atoms with E-state index < -0.39 is 24.3 Å². The number of carbonyl (C=O) groups excluding carboxylic acids is 3. The van der Waals surface area contributed by atoms with Crippen molar-refractivity contribution in [3.05, 3.63) is 207 Å². The first-order valence-electron chi connectivity index (χ1n) is 36.2. The summed E-state index contributed by atoms with van der Waals surface area (Å²) in [5, 5.41) is 11.8. The first-order chi connectivity index (χ1) is 45.6. The van der Waals surface area contributed by atoms with Gasteiger partial charge in [-0.25, -0.2) is 0 Å². The SMILES string of the molecule is CC/C=C\C/C=C\C/C=C\C/C=C\C/C=C\C/C=C\C/C=C\C/C=C\C/C=C\C/C=C\CCCCCCCCCCCCC(=O)OC(COC(=O)CCCCCCC/C=C\C/C=C\C/C=C\C/C=C\C/C=C\C/C=C\C/C=C\CC)COC(OCC[N+](C)(C)C)C(=O)[O-]. The fourth-order valence-corrected chi connectivity index (χ4v) is 9.07. The molecule has 0 bridgehead atoms. The molecule has 0 saturated carbocycles. The Morgan fingerprint density at radius 3 is 0.860 bits per heavy atom. The number of nitrogens with zero attached hydrogens (tertiary/aromatic N) is 1. The number of carboxylic acid groups (broad SMARTS) is 1. The lowest BCUT2D eigenvalue weighted by molar-refractivity contribution is -0.870. The van der Waals surface area contributed by atoms with Crippen LogP contribution in [-0.2, 0) is 33.3 Å². The first kappa shape index (κ1) is 86.9. The predicted octanol–water partition coefficient (Wildman–Crippen LogP) is 21.8. The van der Waals surface area contributed by atoms with E-state index in [0.29, 0.717) is 23.9 Å². The highest BCUT2D eigenvalue weighted by Gasteiger charge is 2.22. The maximum atomic E-state index is 12.9. The van der Waals surface area contributed by atoms with Gasteiger partial charge >= 0.3 is 11.9 Å². The van der Waals surface area contributed by atoms with Crippen molar-refractivity contribution < 1.29 is 42.9 Å². The standard InChI is InChI=1S/C84H131NO8/c1-6-8-10-12-14-16-18-20-22-24-26-28-30-32-34-35-36-37-38-39-40-41-42-43-44-45-46-47-49-51-53-55-57-59-61-63-65-67-69-71-73-75-82(87)93-80(79-92-84(83(88)89)90-77-76-85(3,4)5)78-91-81(86)74-72-70-68-66-64-62-60-58-56-54-52-50-48-33-31-29-27-25-23-21-19-17-15-13-11-9-7-2/h8-11,14-17,20-23,26-29,32-34,36-37,39-40,42-43,45-46,48-49,51-52,54,58,60,80,84H,6-7,12-13,18-19,24-25,30-31,35,38,41,44,47,50,53,55-57,59,61-79H2,1-5H3/b10-8-,11-9-,16-14-,17-15-,22-20-,23-21-,28-26-,29-27-,34-32-,37-36-,40-39-,43-42-,46-45-,48-33-,51-49-,54-52-,60-58-. The molecule has 0 aliphatic heterocycles. The average molecular weight is 1280 g/mol. The van der Waals surface area contributed by atoms with Gasteiger partial charge in [0.2, 0.25) is 0 Å². The number of likely N-dealkylation sites (N-methyl/N-ethyl adjacent to an activating group) is 1. The highest BCUT2D eigenvalue weighted by molar-refractivity contribution is 5.70. The van der Waals surface area contributed by atoms with Crippen LogP contribution in [0.5, 0.6) is 0 Å². The third-order valence-corrected chi connectivity index (χ3v) is 14.5. The summed E-state index contributed by atoms with van der Waals surface area (Å²) in [6, 6.07) is 0. The van der Waals surface area contributed by atoms with Crippen molar-refractivity contribution in [3.63, 3.8) is 0 Å². The molecule has 93 heavy (non-hydrogen) atoms. The van der Waals surface area contributed by atoms with Gasteiger partial charge < -0.3 is 33.3 Å². The molecule has 0 saturated heterocycles. The lowest BCUT2D eigenvalue weighted by Crippen LogP contribution is -2.44. The van der Waals surface area contributed by atoms with Crippen molar-refractivity contribution in [2.24, 2.45) is 0 Å². The van der Waals surface area contributed by atoms with Crippen LogP contribution in [0.2, 0.25) is 0 Å². The van der Waals surface area contributed by atoms with Crippen molar-refractivity contribution in [2.75, 3.05) is 47.5 Å². The minimum atomic E-state index is -1.64. The molecule has 0 aliphatic carbocycles. The normalized spacial score (nSPS) is 13.9. The van der Waals surface area contributed by atoms with Crippen LogP contribution in [0.4, 0.5) is 0 Å². The number of ether oxygens (including phenoxy) is 4. The van der Waals surface area contributed by atoms with E-state index in [9.17, 15) is 19.5 Å². The maximum Gasteiger partial charge on any atom is 0.306 e. The van der Waals surface area contributed by atoms with E-state index in [1.807, 2.05) is 21.1 Å². The van der Waals surface area contributed by atoms with Crippen molar-refractivity contribution >= 4 is 17.9 Å². The van der Waals surface area contributed by atoms with Crippen LogP contribution >= 0.6 is 0 Å². The molecule has 0 fully saturated rings. The molecule has 0 N–H and O–H groups in total. The fraction of sp³-hybridized carbons (Fsp3) is 0.560. The Kier molecular flexibility index (Phi) is 67.0. The third kappa shape index (κ3) is 73.1. The molecule has 0 radical (unpaired) electrons. The summed E-state index contributed by atoms with van der Waals surface area (Å²) in [4.78, 5) is 37.5. The summed E-state index contributed by atoms with van der Waals surface area (Å²) < 4.78 is 22.8. The molecule has 0 heterocycles. The van der Waals surface area contributed by atoms with Crippen LogP contribution in [0.3, 0.4) is 0 Å². The van der Waals surface area contributed by atoms with Crippen molar-refractivity contribution in [1.29, 1.82) is 0 Å². The van der Waals surface area contributed by atoms with E-state index >= 15 is 0 Å². The van der Waals surface area contributed by atoms with Gasteiger partial charge in [0.1, 0.15) is 13.2 Å². The molecule has 9 heteroatoms. The van der Waals surface area contributed by atoms with E-state index in [-0.39, 0.29) is 38.6 Å². The summed E-state index contributed by atoms with van der Waals surface area (Å²) in [5.41, 5.74) is 0. The molecule has 0 aromatic heterocycles. The van der Waals surface area contributed by atoms with Crippen molar-refractivity contribution in [1.82, 2.24) is 0 Å². The van der Waals surface area contributed by atoms with Gasteiger partial charge in [-0.15, -0.1) is 0 Å². The smallest absolute Gasteiger partial charge is 0.306 e. The van der Waals surface area contributed by atoms with Crippen LogP contribution in [0.25, 0.3) is 0 Å². The van der Waals surface area contributed by atoms with E-state index in [0.717, 1.165) is 167 Å². The zero-order chi connectivity index (χ0) is 67.5. The Bertz CT molecular complexity index is 2280. The van der Waals surface area contributed by atoms with Crippen LogP contribution in [0.15, 0.2) is 207 Å². The quantitative estimate of drug-likeness (QED) is 0.0195. The molecule has 9 nitrogen and oxygen atoms in total. The molecule has 0 rings (SSSR count). The minimum Gasteiger partial charge on any atom is -0.545 e. The number of aliphatic carboxylic acids is 1. The molecule has 2 unspecified atom stereocenters. The largest absolute Gasteiger partial charge is 0.545 e. The van der Waals surface area contributed by atoms with Crippen LogP contribution in [-0.4, -0.2) is 82.3 Å². The molecule has 0 aromatic rings. The number of carbonyl (C=O) groups is 3. The number of hydrogen-bond donors (Lipinski definition) is 0. The molecular formula is C84H131NO8. The van der Waals surface area contributed by atoms with Gasteiger partial charge in [-0.1, -0.05) is 291 Å². The Morgan fingerprint density at radius 1 is 0.323 bits per heavy atom. The van der Waals surface area contributed by atoms with E-state index in [4.69, 9.17) is 18.9 Å². The summed E-state index contributed by atoms with van der Waals surface area (Å²) in [6.07, 6.45) is 109. The summed E-state index contributed by atoms with van der Waals surface area (Å²) in [6.45, 7) is 4.47. The Labute approximate surface area is 569 Å². The summed E-state index contributed by atoms with van der Waals surface area (Å²) in [7, 11) is 5.91. The average Bonchev–Trinajstić information content (AvgIpc) is 3.38. The summed E-state index contributed by atoms with van der Waals surface area (Å²) >= 11 is 0. The molecule has 0 spiro atoms. The number of unbranched alkanes of at least 4 members (excludes halogenated alkanes) is 15. The second-order valence-electron chi connectivity index (χ2n) is 24.4. The zero-order valence-electron chi connectivity index (χ0n) is 59.3. The van der Waals surface area contributed by atoms with Gasteiger partial charge in [-0.05, 0) is 148 Å². The van der Waals surface area contributed by atoms with Gasteiger partial charge in [0.25, 0.3) is 0 Å². The highest BCUT2D eigenvalue weighted by Crippen LogP contribution is 2.15. The topological polar surface area (TPSA) is 111 Å². The van der Waals surface area contributed by atoms with Gasteiger partial charge in [0, 0.05) is 12.8 Å². The Morgan fingerprint density at radius 2 is 0.581 bits per heavy atom. The predicted molar refractivity (Wildman–Crippen MR) is 397 cm³/mol. The van der Waals surface area contributed by atoms with Gasteiger partial charge in [-0.2, -0.15) is 0 Å². The van der Waals surface area contributed by atoms with Crippen LogP contribution < -0.4 is 5.11 Å². The van der Waals surface area contributed by atoms with E-state index in [1.54, 1.807) is 0 Å². The molecular weight excluding hydrogens is 1150 g/mol. The minimum absolute atomic E-state index is 0.132. The molecule has 0 aliphatic rings. The van der Waals surface area contributed by atoms with Crippen LogP contribution in [0.1, 0.15) is 245 Å². The number of hydrogen-bond acceptors (Lipinski definition) is 8. The van der Waals surface area contributed by atoms with Crippen molar-refractivity contribution in [3.8, 4) is 0 Å². The Balaban J connectivity index is 4.22. The zero-order valence-corrected chi connectivity index (χ0v) is 59.3. The second-order valence-corrected chi connectivity index (χ2v) is 24.4. The maximum absolute atomic E-state index is 12.9. The number of carboxylic acids is 1. The van der Waals surface area contributed by atoms with E-state index in [2.05, 4.69) is 220 Å². The number of rotatable bonds is 64. The third-order valence-electron chi connectivity index (χ3n) is 14.5.